The first-order chi connectivity index (χ1) is 26.7. The Morgan fingerprint density at radius 1 is 0.357 bits per heavy atom. The summed E-state index contributed by atoms with van der Waals surface area (Å²) in [6.07, 6.45) is -0.550. The van der Waals surface area contributed by atoms with Gasteiger partial charge >= 0.3 is 23.9 Å². The second-order valence-electron chi connectivity index (χ2n) is 13.7. The third-order valence-corrected chi connectivity index (χ3v) is 8.99. The number of benzene rings is 6. The van der Waals surface area contributed by atoms with Crippen LogP contribution in [0.5, 0.6) is 11.5 Å². The van der Waals surface area contributed by atoms with Gasteiger partial charge in [0, 0.05) is 22.3 Å². The Morgan fingerprint density at radius 2 is 0.554 bits per heavy atom. The molecule has 0 atom stereocenters. The fourth-order valence-corrected chi connectivity index (χ4v) is 6.34. The minimum Gasteiger partial charge on any atom is -0.490 e. The minimum absolute atomic E-state index is 0.110. The maximum absolute atomic E-state index is 11.8. The van der Waals surface area contributed by atoms with E-state index in [1.807, 2.05) is 52.0 Å². The molecule has 0 spiro atoms. The molecule has 0 saturated carbocycles. The van der Waals surface area contributed by atoms with Crippen LogP contribution >= 0.6 is 0 Å². The summed E-state index contributed by atoms with van der Waals surface area (Å²) in [6, 6.07) is 33.5. The average Bonchev–Trinajstić information content (AvgIpc) is 3.17. The smallest absolute Gasteiger partial charge is 0.335 e. The highest BCUT2D eigenvalue weighted by atomic mass is 16.5. The average molecular weight is 751 g/mol. The van der Waals surface area contributed by atoms with Crippen LogP contribution in [0.2, 0.25) is 0 Å². The highest BCUT2D eigenvalue weighted by molar-refractivity contribution is 5.96. The summed E-state index contributed by atoms with van der Waals surface area (Å²) in [5.41, 5.74) is 7.12. The molecule has 0 aliphatic heterocycles. The van der Waals surface area contributed by atoms with Crippen molar-refractivity contribution < 1.29 is 49.1 Å². The molecule has 0 bridgehead atoms. The van der Waals surface area contributed by atoms with Crippen LogP contribution in [0.1, 0.15) is 69.1 Å². The van der Waals surface area contributed by atoms with Crippen molar-refractivity contribution in [2.75, 3.05) is 0 Å². The molecule has 0 amide bonds. The molecular weight excluding hydrogens is 712 g/mol. The summed E-state index contributed by atoms with van der Waals surface area (Å²) in [5.74, 6) is -3.27. The Bertz CT molecular complexity index is 2110. The van der Waals surface area contributed by atoms with Crippen molar-refractivity contribution in [3.05, 3.63) is 144 Å². The number of ether oxygens (including phenoxy) is 2. The molecule has 6 rings (SSSR count). The first-order valence-electron chi connectivity index (χ1n) is 17.7. The topological polar surface area (TPSA) is 168 Å². The molecule has 10 heteroatoms. The van der Waals surface area contributed by atoms with E-state index >= 15 is 0 Å². The van der Waals surface area contributed by atoms with Crippen molar-refractivity contribution in [1.29, 1.82) is 0 Å². The third kappa shape index (κ3) is 8.29. The van der Waals surface area contributed by atoms with E-state index in [9.17, 15) is 39.6 Å². The van der Waals surface area contributed by atoms with E-state index in [2.05, 4.69) is 0 Å². The van der Waals surface area contributed by atoms with Gasteiger partial charge in [-0.15, -0.1) is 0 Å². The summed E-state index contributed by atoms with van der Waals surface area (Å²) in [4.78, 5) is 47.1. The quantitative estimate of drug-likeness (QED) is 0.0891. The lowest BCUT2D eigenvalue weighted by Gasteiger charge is -2.23. The number of rotatable bonds is 13. The van der Waals surface area contributed by atoms with Crippen LogP contribution in [0, 0.1) is 0 Å². The first kappa shape index (κ1) is 38.5. The van der Waals surface area contributed by atoms with Crippen molar-refractivity contribution in [3.63, 3.8) is 0 Å². The molecule has 0 aliphatic carbocycles. The highest BCUT2D eigenvalue weighted by Crippen LogP contribution is 2.47. The standard InChI is InChI=1S/C46H38O10/c1-25(2)55-41-37(27-5-13-31(14-6-27)43(47)48)21-35(22-38(41)28-7-15-32(16-8-28)44(49)50)36-23-39(29-9-17-33(18-10-29)45(51)52)42(56-26(3)4)40(24-36)30-11-19-34(20-12-30)46(53)54/h5-26H,1-4H3,(H,47,48)(H,49,50)(H,51,52)(H,53,54). The van der Waals surface area contributed by atoms with Crippen molar-refractivity contribution in [1.82, 2.24) is 0 Å². The third-order valence-electron chi connectivity index (χ3n) is 8.99. The summed E-state index contributed by atoms with van der Waals surface area (Å²) in [5, 5.41) is 38.5. The van der Waals surface area contributed by atoms with Crippen LogP contribution in [0.15, 0.2) is 121 Å². The first-order valence-corrected chi connectivity index (χ1v) is 17.7. The van der Waals surface area contributed by atoms with Gasteiger partial charge in [0.1, 0.15) is 11.5 Å². The monoisotopic (exact) mass is 750 g/mol. The zero-order valence-electron chi connectivity index (χ0n) is 30.9. The Morgan fingerprint density at radius 3 is 0.714 bits per heavy atom. The molecule has 0 unspecified atom stereocenters. The molecule has 0 radical (unpaired) electrons. The SMILES string of the molecule is CC(C)Oc1c(-c2ccc(C(=O)O)cc2)cc(-c2cc(-c3ccc(C(=O)O)cc3)c(OC(C)C)c(-c3ccc(C(=O)O)cc3)c2)cc1-c1ccc(C(=O)O)cc1. The van der Waals surface area contributed by atoms with Crippen LogP contribution < -0.4 is 9.47 Å². The van der Waals surface area contributed by atoms with Gasteiger partial charge in [-0.1, -0.05) is 48.5 Å². The number of hydrogen-bond acceptors (Lipinski definition) is 6. The zero-order chi connectivity index (χ0) is 40.3. The van der Waals surface area contributed by atoms with Gasteiger partial charge < -0.3 is 29.9 Å². The highest BCUT2D eigenvalue weighted by Gasteiger charge is 2.23. The van der Waals surface area contributed by atoms with Gasteiger partial charge in [0.15, 0.2) is 0 Å². The molecule has 6 aromatic carbocycles. The van der Waals surface area contributed by atoms with Crippen LogP contribution in [-0.4, -0.2) is 56.5 Å². The fourth-order valence-electron chi connectivity index (χ4n) is 6.34. The molecule has 0 aliphatic rings. The zero-order valence-corrected chi connectivity index (χ0v) is 30.9. The molecule has 0 aromatic heterocycles. The second-order valence-corrected chi connectivity index (χ2v) is 13.7. The molecule has 282 valence electrons. The van der Waals surface area contributed by atoms with Gasteiger partial charge in [-0.2, -0.15) is 0 Å². The van der Waals surface area contributed by atoms with Gasteiger partial charge in [-0.05, 0) is 134 Å². The lowest BCUT2D eigenvalue weighted by molar-refractivity contribution is 0.0686. The van der Waals surface area contributed by atoms with Crippen LogP contribution in [0.4, 0.5) is 0 Å². The summed E-state index contributed by atoms with van der Waals surface area (Å²) in [6.45, 7) is 7.55. The van der Waals surface area contributed by atoms with Crippen molar-refractivity contribution in [2.24, 2.45) is 0 Å². The van der Waals surface area contributed by atoms with E-state index in [-0.39, 0.29) is 34.5 Å². The van der Waals surface area contributed by atoms with Crippen molar-refractivity contribution >= 4 is 23.9 Å². The van der Waals surface area contributed by atoms with Gasteiger partial charge in [-0.3, -0.25) is 0 Å². The molecule has 10 nitrogen and oxygen atoms in total. The van der Waals surface area contributed by atoms with Crippen LogP contribution in [-0.2, 0) is 0 Å². The Kier molecular flexibility index (Phi) is 11.0. The number of aromatic carboxylic acids is 4. The summed E-state index contributed by atoms with van der Waals surface area (Å²) >= 11 is 0. The number of carboxylic acids is 4. The molecular formula is C46H38O10. The maximum atomic E-state index is 11.8. The molecule has 4 N–H and O–H groups in total. The lowest BCUT2D eigenvalue weighted by Crippen LogP contribution is -2.09. The molecule has 6 aromatic rings. The van der Waals surface area contributed by atoms with Crippen LogP contribution in [0.25, 0.3) is 55.6 Å². The molecule has 56 heavy (non-hydrogen) atoms. The van der Waals surface area contributed by atoms with E-state index in [4.69, 9.17) is 9.47 Å². The van der Waals surface area contributed by atoms with E-state index in [0.29, 0.717) is 67.1 Å². The minimum atomic E-state index is -1.07. The van der Waals surface area contributed by atoms with Crippen molar-refractivity contribution in [3.8, 4) is 67.1 Å². The Balaban J connectivity index is 1.70. The predicted molar refractivity (Wildman–Crippen MR) is 213 cm³/mol. The number of carboxylic acid groups (broad SMARTS) is 4. The number of carbonyl (C=O) groups is 4. The van der Waals surface area contributed by atoms with Crippen LogP contribution in [0.3, 0.4) is 0 Å². The van der Waals surface area contributed by atoms with Gasteiger partial charge in [0.25, 0.3) is 0 Å². The predicted octanol–water partition coefficient (Wildman–Crippen LogP) is 10.4. The molecule has 0 saturated heterocycles. The van der Waals surface area contributed by atoms with Gasteiger partial charge in [-0.25, -0.2) is 19.2 Å². The van der Waals surface area contributed by atoms with E-state index in [1.54, 1.807) is 48.5 Å². The Labute approximate surface area is 322 Å². The lowest BCUT2D eigenvalue weighted by atomic mass is 9.88. The van der Waals surface area contributed by atoms with E-state index in [1.165, 1.54) is 48.5 Å². The fraction of sp³-hybridized carbons (Fsp3) is 0.130. The maximum Gasteiger partial charge on any atom is 0.335 e. The van der Waals surface area contributed by atoms with Crippen molar-refractivity contribution in [2.45, 2.75) is 39.9 Å². The Hall–Kier alpha value is -7.20. The van der Waals surface area contributed by atoms with E-state index < -0.39 is 23.9 Å². The molecule has 0 fully saturated rings. The van der Waals surface area contributed by atoms with Gasteiger partial charge in [0.2, 0.25) is 0 Å². The molecule has 0 heterocycles. The van der Waals surface area contributed by atoms with Gasteiger partial charge in [0.05, 0.1) is 34.5 Å². The second kappa shape index (κ2) is 16.0. The summed E-state index contributed by atoms with van der Waals surface area (Å²) < 4.78 is 13.0. The number of hydrogen-bond donors (Lipinski definition) is 4. The largest absolute Gasteiger partial charge is 0.490 e. The van der Waals surface area contributed by atoms with E-state index in [0.717, 1.165) is 0 Å². The normalized spacial score (nSPS) is 11.0. The summed E-state index contributed by atoms with van der Waals surface area (Å²) in [7, 11) is 0.